The number of hydrogen-bond acceptors (Lipinski definition) is 6. The number of pyridine rings is 1. The molecular formula is C19H23N3O4. The first-order valence-electron chi connectivity index (χ1n) is 8.83. The molecule has 2 saturated heterocycles. The number of aryl methyl sites for hydroxylation is 1. The molecule has 2 aromatic rings. The van der Waals surface area contributed by atoms with Gasteiger partial charge in [-0.1, -0.05) is 0 Å². The van der Waals surface area contributed by atoms with Crippen molar-refractivity contribution >= 4 is 11.6 Å². The van der Waals surface area contributed by atoms with E-state index in [0.29, 0.717) is 32.8 Å². The Labute approximate surface area is 152 Å². The maximum absolute atomic E-state index is 12.4. The van der Waals surface area contributed by atoms with Gasteiger partial charge < -0.3 is 18.8 Å². The molecule has 0 aromatic carbocycles. The van der Waals surface area contributed by atoms with Crippen molar-refractivity contribution in [2.45, 2.75) is 19.1 Å². The van der Waals surface area contributed by atoms with Crippen LogP contribution in [-0.2, 0) is 20.8 Å². The van der Waals surface area contributed by atoms with Crippen LogP contribution < -0.4 is 4.90 Å². The van der Waals surface area contributed by atoms with Gasteiger partial charge >= 0.3 is 0 Å². The number of amides is 1. The minimum atomic E-state index is -0.554. The van der Waals surface area contributed by atoms with E-state index in [1.165, 1.54) is 0 Å². The molecule has 4 rings (SSSR count). The summed E-state index contributed by atoms with van der Waals surface area (Å²) in [5, 5.41) is 0. The number of carbonyl (C=O) groups excluding carboxylic acids is 1. The fourth-order valence-electron chi connectivity index (χ4n) is 3.56. The van der Waals surface area contributed by atoms with Crippen LogP contribution in [-0.4, -0.2) is 60.8 Å². The van der Waals surface area contributed by atoms with Gasteiger partial charge in [0, 0.05) is 19.3 Å². The highest BCUT2D eigenvalue weighted by atomic mass is 16.6. The van der Waals surface area contributed by atoms with Gasteiger partial charge in [-0.05, 0) is 31.2 Å². The first-order valence-corrected chi connectivity index (χ1v) is 8.83. The molecule has 2 aromatic heterocycles. The van der Waals surface area contributed by atoms with Crippen LogP contribution >= 0.6 is 0 Å². The van der Waals surface area contributed by atoms with Gasteiger partial charge in [0.25, 0.3) is 5.91 Å². The Kier molecular flexibility index (Phi) is 4.76. The van der Waals surface area contributed by atoms with Crippen molar-refractivity contribution in [3.8, 4) is 0 Å². The fraction of sp³-hybridized carbons (Fsp3) is 0.474. The minimum absolute atomic E-state index is 0.0476. The molecule has 138 valence electrons. The van der Waals surface area contributed by atoms with E-state index >= 15 is 0 Å². The minimum Gasteiger partial charge on any atom is -0.465 e. The van der Waals surface area contributed by atoms with E-state index in [1.54, 1.807) is 17.3 Å². The molecule has 1 atom stereocenters. The maximum Gasteiger partial charge on any atom is 0.253 e. The average Bonchev–Trinajstić information content (AvgIpc) is 2.95. The smallest absolute Gasteiger partial charge is 0.253 e. The molecular weight excluding hydrogens is 334 g/mol. The Morgan fingerprint density at radius 3 is 2.96 bits per heavy atom. The summed E-state index contributed by atoms with van der Waals surface area (Å²) in [6, 6.07) is 7.70. The molecule has 1 amide bonds. The van der Waals surface area contributed by atoms with Gasteiger partial charge in [-0.2, -0.15) is 0 Å². The molecule has 0 saturated carbocycles. The lowest BCUT2D eigenvalue weighted by atomic mass is 10.0. The highest BCUT2D eigenvalue weighted by molar-refractivity contribution is 5.95. The number of aromatic nitrogens is 1. The summed E-state index contributed by atoms with van der Waals surface area (Å²) in [6.07, 6.45) is 3.41. The van der Waals surface area contributed by atoms with Crippen molar-refractivity contribution < 1.29 is 18.7 Å². The highest BCUT2D eigenvalue weighted by Gasteiger charge is 2.43. The van der Waals surface area contributed by atoms with Gasteiger partial charge in [-0.3, -0.25) is 14.7 Å². The summed E-state index contributed by atoms with van der Waals surface area (Å²) in [7, 11) is 0. The van der Waals surface area contributed by atoms with Crippen molar-refractivity contribution in [1.82, 2.24) is 9.88 Å². The topological polar surface area (TPSA) is 68.0 Å². The number of ether oxygens (including phenoxy) is 2. The second-order valence-electron chi connectivity index (χ2n) is 6.94. The van der Waals surface area contributed by atoms with E-state index in [0.717, 1.165) is 23.8 Å². The van der Waals surface area contributed by atoms with E-state index in [4.69, 9.17) is 13.9 Å². The summed E-state index contributed by atoms with van der Waals surface area (Å²) < 4.78 is 17.6. The number of furan rings is 1. The van der Waals surface area contributed by atoms with E-state index in [1.807, 2.05) is 31.2 Å². The van der Waals surface area contributed by atoms with E-state index in [9.17, 15) is 4.79 Å². The molecule has 0 aliphatic carbocycles. The van der Waals surface area contributed by atoms with Crippen LogP contribution in [0.25, 0.3) is 0 Å². The van der Waals surface area contributed by atoms with Crippen LogP contribution in [0.15, 0.2) is 41.1 Å². The Hall–Kier alpha value is -2.22. The standard InChI is InChI=1S/C19H23N3O4/c1-15-4-5-17(26-15)10-21-7-8-24-14-19(12-21)13-22(18(23)11-25-19)16-3-2-6-20-9-16/h2-6,9H,7-8,10-14H2,1H3/t19-/m1/s1. The van der Waals surface area contributed by atoms with E-state index < -0.39 is 5.60 Å². The van der Waals surface area contributed by atoms with Crippen LogP contribution in [0.1, 0.15) is 11.5 Å². The van der Waals surface area contributed by atoms with Crippen LogP contribution in [0.5, 0.6) is 0 Å². The second kappa shape index (κ2) is 7.19. The van der Waals surface area contributed by atoms with Gasteiger partial charge in [-0.25, -0.2) is 0 Å². The number of anilines is 1. The van der Waals surface area contributed by atoms with Crippen molar-refractivity contribution in [2.75, 3.05) is 44.4 Å². The molecule has 2 fully saturated rings. The molecule has 0 radical (unpaired) electrons. The van der Waals surface area contributed by atoms with Gasteiger partial charge in [0.2, 0.25) is 0 Å². The Bertz CT molecular complexity index is 763. The second-order valence-corrected chi connectivity index (χ2v) is 6.94. The zero-order valence-electron chi connectivity index (χ0n) is 14.9. The summed E-state index contributed by atoms with van der Waals surface area (Å²) in [5.74, 6) is 1.78. The van der Waals surface area contributed by atoms with E-state index in [-0.39, 0.29) is 12.5 Å². The zero-order chi connectivity index (χ0) is 18.0. The quantitative estimate of drug-likeness (QED) is 0.832. The zero-order valence-corrected chi connectivity index (χ0v) is 14.9. The summed E-state index contributed by atoms with van der Waals surface area (Å²) >= 11 is 0. The molecule has 1 spiro atoms. The molecule has 0 bridgehead atoms. The van der Waals surface area contributed by atoms with Crippen LogP contribution in [0.2, 0.25) is 0 Å². The molecule has 4 heterocycles. The Morgan fingerprint density at radius 1 is 1.27 bits per heavy atom. The molecule has 0 unspecified atom stereocenters. The molecule has 0 N–H and O–H groups in total. The van der Waals surface area contributed by atoms with Crippen LogP contribution in [0, 0.1) is 6.92 Å². The summed E-state index contributed by atoms with van der Waals surface area (Å²) in [5.41, 5.74) is 0.236. The highest BCUT2D eigenvalue weighted by Crippen LogP contribution is 2.27. The van der Waals surface area contributed by atoms with Crippen molar-refractivity contribution in [3.63, 3.8) is 0 Å². The summed E-state index contributed by atoms with van der Waals surface area (Å²) in [6.45, 7) is 5.71. The van der Waals surface area contributed by atoms with Gasteiger partial charge in [0.05, 0.1) is 38.2 Å². The Morgan fingerprint density at radius 2 is 2.19 bits per heavy atom. The average molecular weight is 357 g/mol. The predicted molar refractivity (Wildman–Crippen MR) is 94.8 cm³/mol. The van der Waals surface area contributed by atoms with Gasteiger partial charge in [-0.15, -0.1) is 0 Å². The Balaban J connectivity index is 1.52. The van der Waals surface area contributed by atoms with Crippen molar-refractivity contribution in [3.05, 3.63) is 48.2 Å². The summed E-state index contributed by atoms with van der Waals surface area (Å²) in [4.78, 5) is 20.5. The third-order valence-electron chi connectivity index (χ3n) is 4.81. The molecule has 2 aliphatic heterocycles. The third kappa shape index (κ3) is 3.65. The van der Waals surface area contributed by atoms with Crippen LogP contribution in [0.4, 0.5) is 5.69 Å². The largest absolute Gasteiger partial charge is 0.465 e. The SMILES string of the molecule is Cc1ccc(CN2CCOC[C@@]3(C2)CN(c2cccnc2)C(=O)CO3)o1. The number of morpholine rings is 1. The monoisotopic (exact) mass is 357 g/mol. The molecule has 7 heteroatoms. The van der Waals surface area contributed by atoms with E-state index in [2.05, 4.69) is 9.88 Å². The predicted octanol–water partition coefficient (Wildman–Crippen LogP) is 1.62. The number of carbonyl (C=O) groups is 1. The molecule has 26 heavy (non-hydrogen) atoms. The van der Waals surface area contributed by atoms with Crippen molar-refractivity contribution in [1.29, 1.82) is 0 Å². The van der Waals surface area contributed by atoms with Gasteiger partial charge in [0.15, 0.2) is 0 Å². The number of hydrogen-bond donors (Lipinski definition) is 0. The van der Waals surface area contributed by atoms with Crippen LogP contribution in [0.3, 0.4) is 0 Å². The normalized spacial score (nSPS) is 24.8. The maximum atomic E-state index is 12.4. The lowest BCUT2D eigenvalue weighted by molar-refractivity contribution is -0.146. The van der Waals surface area contributed by atoms with Crippen molar-refractivity contribution in [2.24, 2.45) is 0 Å². The van der Waals surface area contributed by atoms with Gasteiger partial charge in [0.1, 0.15) is 23.7 Å². The lowest BCUT2D eigenvalue weighted by Crippen LogP contribution is -2.60. The third-order valence-corrected chi connectivity index (χ3v) is 4.81. The first kappa shape index (κ1) is 17.2. The molecule has 2 aliphatic rings. The first-order chi connectivity index (χ1) is 12.6. The fourth-order valence-corrected chi connectivity index (χ4v) is 3.56. The number of nitrogens with zero attached hydrogens (tertiary/aromatic N) is 3. The molecule has 7 nitrogen and oxygen atoms in total. The lowest BCUT2D eigenvalue weighted by Gasteiger charge is -2.42. The number of rotatable bonds is 3.